The second kappa shape index (κ2) is 9.39. The highest BCUT2D eigenvalue weighted by Crippen LogP contribution is 2.57. The second-order valence-electron chi connectivity index (χ2n) is 8.80. The third kappa shape index (κ3) is 4.76. The summed E-state index contributed by atoms with van der Waals surface area (Å²) in [7, 11) is 0. The summed E-state index contributed by atoms with van der Waals surface area (Å²) in [4.78, 5) is 25.3. The molecule has 1 aliphatic carbocycles. The highest BCUT2D eigenvalue weighted by molar-refractivity contribution is 6.34. The minimum absolute atomic E-state index is 0.118. The molecule has 1 fully saturated rings. The van der Waals surface area contributed by atoms with Gasteiger partial charge in [-0.1, -0.05) is 35.3 Å². The van der Waals surface area contributed by atoms with Gasteiger partial charge in [0.05, 0.1) is 33.7 Å². The lowest BCUT2D eigenvalue weighted by molar-refractivity contribution is -0.192. The van der Waals surface area contributed by atoms with Crippen LogP contribution >= 0.6 is 23.2 Å². The molecule has 3 aromatic carbocycles. The van der Waals surface area contributed by atoms with Crippen molar-refractivity contribution in [3.8, 4) is 5.69 Å². The van der Waals surface area contributed by atoms with Crippen LogP contribution in [0.25, 0.3) is 16.6 Å². The van der Waals surface area contributed by atoms with Crippen LogP contribution in [0, 0.1) is 5.41 Å². The van der Waals surface area contributed by atoms with E-state index in [0.717, 1.165) is 11.2 Å². The van der Waals surface area contributed by atoms with E-state index in [1.165, 1.54) is 12.1 Å². The molecule has 37 heavy (non-hydrogen) atoms. The highest BCUT2D eigenvalue weighted by atomic mass is 35.5. The largest absolute Gasteiger partial charge is 0.403 e. The van der Waals surface area contributed by atoms with E-state index in [0.29, 0.717) is 21.7 Å². The van der Waals surface area contributed by atoms with Gasteiger partial charge in [0.15, 0.2) is 0 Å². The predicted octanol–water partition coefficient (Wildman–Crippen LogP) is 6.54. The van der Waals surface area contributed by atoms with Crippen LogP contribution in [-0.4, -0.2) is 27.8 Å². The molecule has 0 radical (unpaired) electrons. The number of halogens is 5. The van der Waals surface area contributed by atoms with Crippen molar-refractivity contribution < 1.29 is 22.8 Å². The van der Waals surface area contributed by atoms with Gasteiger partial charge in [0.25, 0.3) is 5.91 Å². The Hall–Kier alpha value is -3.56. The summed E-state index contributed by atoms with van der Waals surface area (Å²) in [5, 5.41) is 11.0. The molecule has 6 nitrogen and oxygen atoms in total. The lowest BCUT2D eigenvalue weighted by Gasteiger charge is -2.18. The van der Waals surface area contributed by atoms with Gasteiger partial charge in [0, 0.05) is 17.0 Å². The van der Waals surface area contributed by atoms with Crippen molar-refractivity contribution in [1.29, 1.82) is 0 Å². The molecular formula is C26H19Cl2F3N4O2. The highest BCUT2D eigenvalue weighted by Gasteiger charge is 2.68. The first-order valence-electron chi connectivity index (χ1n) is 11.3. The smallest absolute Gasteiger partial charge is 0.351 e. The van der Waals surface area contributed by atoms with E-state index >= 15 is 0 Å². The minimum atomic E-state index is -4.59. The maximum Gasteiger partial charge on any atom is 0.403 e. The summed E-state index contributed by atoms with van der Waals surface area (Å²) < 4.78 is 41.3. The molecule has 0 spiro atoms. The number of fused-ring (bicyclic) bond motifs is 1. The van der Waals surface area contributed by atoms with E-state index < -0.39 is 23.4 Å². The number of carbonyl (C=O) groups excluding carboxylic acids is 2. The number of benzene rings is 3. The van der Waals surface area contributed by atoms with Gasteiger partial charge in [0.2, 0.25) is 5.91 Å². The number of rotatable bonds is 6. The third-order valence-electron chi connectivity index (χ3n) is 6.39. The summed E-state index contributed by atoms with van der Waals surface area (Å²) in [6.07, 6.45) is -3.42. The Bertz CT molecular complexity index is 1510. The second-order valence-corrected chi connectivity index (χ2v) is 9.65. The van der Waals surface area contributed by atoms with Gasteiger partial charge >= 0.3 is 6.18 Å². The number of nitrogens with one attached hydrogen (secondary N) is 2. The maximum atomic E-state index is 13.2. The Morgan fingerprint density at radius 3 is 2.43 bits per heavy atom. The molecule has 0 unspecified atom stereocenters. The molecule has 0 aliphatic heterocycles. The van der Waals surface area contributed by atoms with Gasteiger partial charge in [0.1, 0.15) is 5.41 Å². The Morgan fingerprint density at radius 2 is 1.76 bits per heavy atom. The first kappa shape index (κ1) is 25.1. The normalized spacial score (nSPS) is 14.4. The summed E-state index contributed by atoms with van der Waals surface area (Å²) in [6.45, 7) is -0.169. The zero-order valence-electron chi connectivity index (χ0n) is 19.1. The molecule has 1 aromatic heterocycles. The molecule has 190 valence electrons. The van der Waals surface area contributed by atoms with Gasteiger partial charge in [-0.05, 0) is 66.9 Å². The van der Waals surface area contributed by atoms with Crippen LogP contribution in [0.1, 0.15) is 28.8 Å². The fourth-order valence-corrected chi connectivity index (χ4v) is 4.44. The van der Waals surface area contributed by atoms with Gasteiger partial charge in [-0.25, -0.2) is 4.68 Å². The molecule has 11 heteroatoms. The summed E-state index contributed by atoms with van der Waals surface area (Å²) in [5.74, 6) is -1.58. The zero-order valence-corrected chi connectivity index (χ0v) is 20.6. The molecule has 4 aromatic rings. The van der Waals surface area contributed by atoms with Crippen LogP contribution in [0.5, 0.6) is 0 Å². The van der Waals surface area contributed by atoms with E-state index in [1.807, 2.05) is 18.2 Å². The van der Waals surface area contributed by atoms with Gasteiger partial charge in [-0.15, -0.1) is 0 Å². The monoisotopic (exact) mass is 546 g/mol. The van der Waals surface area contributed by atoms with E-state index in [1.54, 1.807) is 41.2 Å². The molecular weight excluding hydrogens is 528 g/mol. The van der Waals surface area contributed by atoms with Gasteiger partial charge < -0.3 is 10.6 Å². The molecule has 0 atom stereocenters. The van der Waals surface area contributed by atoms with Crippen molar-refractivity contribution in [2.45, 2.75) is 25.6 Å². The van der Waals surface area contributed by atoms with Crippen LogP contribution in [-0.2, 0) is 11.3 Å². The minimum Gasteiger partial charge on any atom is -0.351 e. The van der Waals surface area contributed by atoms with Crippen LogP contribution < -0.4 is 10.6 Å². The molecule has 1 saturated carbocycles. The van der Waals surface area contributed by atoms with Gasteiger partial charge in [-0.2, -0.15) is 18.3 Å². The average Bonchev–Trinajstić information content (AvgIpc) is 3.58. The zero-order chi connectivity index (χ0) is 26.4. The fraction of sp³-hybridized carbons (Fsp3) is 0.192. The Kier molecular flexibility index (Phi) is 6.37. The number of alkyl halides is 3. The van der Waals surface area contributed by atoms with Crippen LogP contribution in [0.2, 0.25) is 10.0 Å². The number of hydrogen-bond donors (Lipinski definition) is 2. The van der Waals surface area contributed by atoms with E-state index in [2.05, 4.69) is 15.7 Å². The number of hydrogen-bond acceptors (Lipinski definition) is 3. The van der Waals surface area contributed by atoms with Crippen molar-refractivity contribution in [1.82, 2.24) is 15.1 Å². The number of anilines is 1. The van der Waals surface area contributed by atoms with E-state index in [4.69, 9.17) is 23.2 Å². The first-order chi connectivity index (χ1) is 17.6. The van der Waals surface area contributed by atoms with E-state index in [9.17, 15) is 22.8 Å². The number of aromatic nitrogens is 2. The third-order valence-corrected chi connectivity index (χ3v) is 6.97. The van der Waals surface area contributed by atoms with Gasteiger partial charge in [-0.3, -0.25) is 9.59 Å². The average molecular weight is 547 g/mol. The Balaban J connectivity index is 1.34. The molecule has 1 heterocycles. The summed E-state index contributed by atoms with van der Waals surface area (Å²) in [6, 6.07) is 17.0. The standard InChI is InChI=1S/C26H19Cl2F3N4O2/c27-16-5-7-17(8-6-16)35-22-3-1-2-21(19(22)14-33-35)34-23(36)18-12-15(4-9-20(18)28)13-32-24(37)25(10-11-25)26(29,30)31/h1-9,12,14H,10-11,13H2,(H,32,37)(H,34,36). The predicted molar refractivity (Wildman–Crippen MR) is 135 cm³/mol. The van der Waals surface area contributed by atoms with Crippen molar-refractivity contribution in [2.75, 3.05) is 5.32 Å². The molecule has 2 N–H and O–H groups in total. The topological polar surface area (TPSA) is 76.0 Å². The number of amides is 2. The van der Waals surface area contributed by atoms with Crippen molar-refractivity contribution >= 4 is 51.6 Å². The van der Waals surface area contributed by atoms with Crippen LogP contribution in [0.15, 0.2) is 66.9 Å². The Labute approximate surface area is 219 Å². The van der Waals surface area contributed by atoms with Crippen molar-refractivity contribution in [3.05, 3.63) is 88.0 Å². The first-order valence-corrected chi connectivity index (χ1v) is 12.0. The molecule has 5 rings (SSSR count). The maximum absolute atomic E-state index is 13.2. The van der Waals surface area contributed by atoms with Crippen molar-refractivity contribution in [2.24, 2.45) is 5.41 Å². The number of nitrogens with zero attached hydrogens (tertiary/aromatic N) is 2. The quantitative estimate of drug-likeness (QED) is 0.288. The summed E-state index contributed by atoms with van der Waals surface area (Å²) >= 11 is 12.2. The lowest BCUT2D eigenvalue weighted by atomic mass is 10.1. The van der Waals surface area contributed by atoms with E-state index in [-0.39, 0.29) is 30.0 Å². The SMILES string of the molecule is O=C(Nc1cccc2c1cnn2-c1ccc(Cl)cc1)c1cc(CNC(=O)C2(C(F)(F)F)CC2)ccc1Cl. The van der Waals surface area contributed by atoms with Crippen molar-refractivity contribution in [3.63, 3.8) is 0 Å². The number of carbonyl (C=O) groups is 2. The molecule has 1 aliphatic rings. The molecule has 0 saturated heterocycles. The summed E-state index contributed by atoms with van der Waals surface area (Å²) in [5.41, 5.74) is 0.287. The fourth-order valence-electron chi connectivity index (χ4n) is 4.11. The molecule has 2 amide bonds. The molecule has 0 bridgehead atoms. The van der Waals surface area contributed by atoms with Crippen LogP contribution in [0.4, 0.5) is 18.9 Å². The Morgan fingerprint density at radius 1 is 1.03 bits per heavy atom. The lowest BCUT2D eigenvalue weighted by Crippen LogP contribution is -2.40. The van der Waals surface area contributed by atoms with Crippen LogP contribution in [0.3, 0.4) is 0 Å².